The molecule has 0 aliphatic carbocycles. The van der Waals surface area contributed by atoms with Gasteiger partial charge in [-0.05, 0) is 57.2 Å². The Morgan fingerprint density at radius 1 is 1.19 bits per heavy atom. The second kappa shape index (κ2) is 9.06. The van der Waals surface area contributed by atoms with E-state index in [0.717, 1.165) is 37.8 Å². The molecule has 0 radical (unpaired) electrons. The molecule has 0 bridgehead atoms. The summed E-state index contributed by atoms with van der Waals surface area (Å²) < 4.78 is 5.97. The first-order valence-corrected chi connectivity index (χ1v) is 9.57. The molecule has 0 spiro atoms. The highest BCUT2D eigenvalue weighted by molar-refractivity contribution is 5.41. The van der Waals surface area contributed by atoms with Crippen LogP contribution in [-0.4, -0.2) is 29.0 Å². The number of aliphatic hydroxyl groups excluding tert-OH is 1. The number of hydrogen-bond acceptors (Lipinski definition) is 4. The molecule has 0 aromatic heterocycles. The van der Waals surface area contributed by atoms with Crippen LogP contribution in [0.25, 0.3) is 0 Å². The number of rotatable bonds is 7. The van der Waals surface area contributed by atoms with E-state index >= 15 is 0 Å². The van der Waals surface area contributed by atoms with E-state index in [2.05, 4.69) is 36.5 Å². The number of aromatic hydroxyl groups is 1. The predicted octanol–water partition coefficient (Wildman–Crippen LogP) is 3.97. The molecule has 3 atom stereocenters. The van der Waals surface area contributed by atoms with Crippen molar-refractivity contribution in [2.45, 2.75) is 57.3 Å². The SMILES string of the molecule is CC(CCCc1ccccc1)Oc1ccc(C2CC(O)CCN2)c(O)c1. The zero-order valence-corrected chi connectivity index (χ0v) is 15.4. The molecule has 3 unspecified atom stereocenters. The first-order chi connectivity index (χ1) is 12.6. The van der Waals surface area contributed by atoms with Crippen LogP contribution in [0.2, 0.25) is 0 Å². The molecule has 3 rings (SSSR count). The Kier molecular flexibility index (Phi) is 6.53. The molecule has 1 heterocycles. The van der Waals surface area contributed by atoms with Gasteiger partial charge < -0.3 is 20.3 Å². The van der Waals surface area contributed by atoms with Gasteiger partial charge in [0.2, 0.25) is 0 Å². The van der Waals surface area contributed by atoms with Gasteiger partial charge in [-0.3, -0.25) is 0 Å². The highest BCUT2D eigenvalue weighted by atomic mass is 16.5. The van der Waals surface area contributed by atoms with Crippen molar-refractivity contribution in [2.24, 2.45) is 0 Å². The lowest BCUT2D eigenvalue weighted by atomic mass is 9.95. The summed E-state index contributed by atoms with van der Waals surface area (Å²) in [5.41, 5.74) is 2.18. The van der Waals surface area contributed by atoms with Crippen LogP contribution in [0.4, 0.5) is 0 Å². The molecule has 1 fully saturated rings. The zero-order valence-electron chi connectivity index (χ0n) is 15.4. The van der Waals surface area contributed by atoms with Crippen LogP contribution in [0.5, 0.6) is 11.5 Å². The number of ether oxygens (including phenoxy) is 1. The quantitative estimate of drug-likeness (QED) is 0.703. The first-order valence-electron chi connectivity index (χ1n) is 9.57. The molecular formula is C22H29NO3. The summed E-state index contributed by atoms with van der Waals surface area (Å²) in [6, 6.07) is 16.0. The monoisotopic (exact) mass is 355 g/mol. The smallest absolute Gasteiger partial charge is 0.124 e. The predicted molar refractivity (Wildman–Crippen MR) is 104 cm³/mol. The van der Waals surface area contributed by atoms with E-state index in [1.165, 1.54) is 5.56 Å². The number of aryl methyl sites for hydroxylation is 1. The van der Waals surface area contributed by atoms with Gasteiger partial charge in [0.15, 0.2) is 0 Å². The molecule has 3 N–H and O–H groups in total. The summed E-state index contributed by atoms with van der Waals surface area (Å²) in [6.45, 7) is 2.83. The third kappa shape index (κ3) is 5.23. The first kappa shape index (κ1) is 18.7. The van der Waals surface area contributed by atoms with Crippen molar-refractivity contribution in [1.82, 2.24) is 5.32 Å². The number of nitrogens with one attached hydrogen (secondary N) is 1. The average Bonchev–Trinajstić information content (AvgIpc) is 2.63. The Morgan fingerprint density at radius 3 is 2.73 bits per heavy atom. The Labute approximate surface area is 155 Å². The van der Waals surface area contributed by atoms with Crippen molar-refractivity contribution in [3.05, 3.63) is 59.7 Å². The number of benzene rings is 2. The number of phenols is 1. The van der Waals surface area contributed by atoms with Crippen LogP contribution in [0.3, 0.4) is 0 Å². The van der Waals surface area contributed by atoms with Gasteiger partial charge in [-0.15, -0.1) is 0 Å². The van der Waals surface area contributed by atoms with Gasteiger partial charge in [0.1, 0.15) is 11.5 Å². The molecule has 2 aromatic carbocycles. The zero-order chi connectivity index (χ0) is 18.4. The van der Waals surface area contributed by atoms with Crippen molar-refractivity contribution < 1.29 is 14.9 Å². The highest BCUT2D eigenvalue weighted by Crippen LogP contribution is 2.33. The largest absolute Gasteiger partial charge is 0.507 e. The van der Waals surface area contributed by atoms with Gasteiger partial charge in [0, 0.05) is 17.7 Å². The van der Waals surface area contributed by atoms with E-state index in [4.69, 9.17) is 4.74 Å². The maximum Gasteiger partial charge on any atom is 0.124 e. The Hall–Kier alpha value is -2.04. The summed E-state index contributed by atoms with van der Waals surface area (Å²) in [4.78, 5) is 0. The van der Waals surface area contributed by atoms with Gasteiger partial charge in [0.05, 0.1) is 12.2 Å². The number of phenolic OH excluding ortho intramolecular Hbond substituents is 1. The minimum absolute atomic E-state index is 0.00361. The minimum Gasteiger partial charge on any atom is -0.507 e. The van der Waals surface area contributed by atoms with Crippen LogP contribution in [0, 0.1) is 0 Å². The normalized spacial score (nSPS) is 21.3. The van der Waals surface area contributed by atoms with Crippen LogP contribution in [0.15, 0.2) is 48.5 Å². The van der Waals surface area contributed by atoms with Gasteiger partial charge in [-0.1, -0.05) is 36.4 Å². The lowest BCUT2D eigenvalue weighted by Crippen LogP contribution is -2.34. The molecule has 2 aromatic rings. The van der Waals surface area contributed by atoms with Crippen LogP contribution >= 0.6 is 0 Å². The van der Waals surface area contributed by atoms with Gasteiger partial charge in [-0.25, -0.2) is 0 Å². The molecule has 0 saturated carbocycles. The Balaban J connectivity index is 1.50. The third-order valence-corrected chi connectivity index (χ3v) is 5.01. The van der Waals surface area contributed by atoms with Crippen molar-refractivity contribution in [1.29, 1.82) is 0 Å². The van der Waals surface area contributed by atoms with Crippen LogP contribution < -0.4 is 10.1 Å². The average molecular weight is 355 g/mol. The van der Waals surface area contributed by atoms with Gasteiger partial charge >= 0.3 is 0 Å². The van der Waals surface area contributed by atoms with Gasteiger partial charge in [-0.2, -0.15) is 0 Å². The maximum absolute atomic E-state index is 10.4. The van der Waals surface area contributed by atoms with Crippen molar-refractivity contribution in [3.63, 3.8) is 0 Å². The Morgan fingerprint density at radius 2 is 2.00 bits per heavy atom. The highest BCUT2D eigenvalue weighted by Gasteiger charge is 2.23. The maximum atomic E-state index is 10.4. The van der Waals surface area contributed by atoms with E-state index in [1.807, 2.05) is 18.2 Å². The minimum atomic E-state index is -0.304. The van der Waals surface area contributed by atoms with E-state index in [-0.39, 0.29) is 24.0 Å². The van der Waals surface area contributed by atoms with E-state index < -0.39 is 0 Å². The van der Waals surface area contributed by atoms with Crippen molar-refractivity contribution in [2.75, 3.05) is 6.54 Å². The number of aliphatic hydroxyl groups is 1. The fourth-order valence-corrected chi connectivity index (χ4v) is 3.56. The fourth-order valence-electron chi connectivity index (χ4n) is 3.56. The van der Waals surface area contributed by atoms with Gasteiger partial charge in [0.25, 0.3) is 0 Å². The summed E-state index contributed by atoms with van der Waals surface area (Å²) in [5.74, 6) is 0.917. The Bertz CT molecular complexity index is 689. The topological polar surface area (TPSA) is 61.7 Å². The molecule has 0 amide bonds. The summed E-state index contributed by atoms with van der Waals surface area (Å²) >= 11 is 0. The molecule has 1 saturated heterocycles. The number of hydrogen-bond donors (Lipinski definition) is 3. The standard InChI is InChI=1S/C22H29NO3/c1-16(6-5-9-17-7-3-2-4-8-17)26-19-10-11-20(22(25)15-19)21-14-18(24)12-13-23-21/h2-4,7-8,10-11,15-16,18,21,23-25H,5-6,9,12-14H2,1H3. The van der Waals surface area contributed by atoms with E-state index in [0.29, 0.717) is 12.2 Å². The number of piperidine rings is 1. The van der Waals surface area contributed by atoms with Crippen LogP contribution in [-0.2, 0) is 6.42 Å². The lowest BCUT2D eigenvalue weighted by molar-refractivity contribution is 0.116. The molecule has 140 valence electrons. The lowest BCUT2D eigenvalue weighted by Gasteiger charge is -2.28. The summed E-state index contributed by atoms with van der Waals surface area (Å²) in [5, 5.41) is 23.5. The van der Waals surface area contributed by atoms with Crippen molar-refractivity contribution in [3.8, 4) is 11.5 Å². The van der Waals surface area contributed by atoms with E-state index in [1.54, 1.807) is 6.07 Å². The summed E-state index contributed by atoms with van der Waals surface area (Å²) in [6.07, 6.45) is 4.27. The fraction of sp³-hybridized carbons (Fsp3) is 0.455. The summed E-state index contributed by atoms with van der Waals surface area (Å²) in [7, 11) is 0. The second-order valence-corrected chi connectivity index (χ2v) is 7.21. The molecule has 4 heteroatoms. The molecule has 1 aliphatic heterocycles. The molecule has 4 nitrogen and oxygen atoms in total. The molecule has 26 heavy (non-hydrogen) atoms. The third-order valence-electron chi connectivity index (χ3n) is 5.01. The second-order valence-electron chi connectivity index (χ2n) is 7.21. The van der Waals surface area contributed by atoms with E-state index in [9.17, 15) is 10.2 Å². The molecule has 1 aliphatic rings. The molecular weight excluding hydrogens is 326 g/mol. The van der Waals surface area contributed by atoms with Crippen LogP contribution in [0.1, 0.15) is 49.8 Å². The van der Waals surface area contributed by atoms with Crippen molar-refractivity contribution >= 4 is 0 Å².